The van der Waals surface area contributed by atoms with Crippen LogP contribution in [0.4, 0.5) is 5.69 Å². The van der Waals surface area contributed by atoms with Gasteiger partial charge in [-0.05, 0) is 57.9 Å². The topological polar surface area (TPSA) is 38.3 Å². The number of benzene rings is 2. The van der Waals surface area contributed by atoms with Crippen LogP contribution in [-0.4, -0.2) is 12.0 Å². The summed E-state index contributed by atoms with van der Waals surface area (Å²) in [6.45, 7) is 9.96. The van der Waals surface area contributed by atoms with E-state index >= 15 is 0 Å². The molecule has 0 aliphatic rings. The van der Waals surface area contributed by atoms with Gasteiger partial charge in [-0.2, -0.15) is 0 Å². The van der Waals surface area contributed by atoms with E-state index < -0.39 is 0 Å². The van der Waals surface area contributed by atoms with E-state index in [1.807, 2.05) is 45.9 Å². The van der Waals surface area contributed by atoms with Crippen molar-refractivity contribution in [1.82, 2.24) is 0 Å². The fraction of sp³-hybridized carbons (Fsp3) is 0.316. The molecule has 0 saturated carbocycles. The first kappa shape index (κ1) is 16.1. The molecule has 0 aliphatic carbocycles. The van der Waals surface area contributed by atoms with E-state index in [-0.39, 0.29) is 12.0 Å². The normalized spacial score (nSPS) is 10.6. The Bertz CT molecular complexity index is 667. The first-order valence-corrected chi connectivity index (χ1v) is 7.53. The van der Waals surface area contributed by atoms with Crippen molar-refractivity contribution in [3.8, 4) is 5.75 Å². The van der Waals surface area contributed by atoms with Gasteiger partial charge in [0.2, 0.25) is 0 Å². The van der Waals surface area contributed by atoms with E-state index in [0.717, 1.165) is 16.8 Å². The molecule has 2 aromatic rings. The third-order valence-electron chi connectivity index (χ3n) is 3.41. The lowest BCUT2D eigenvalue weighted by Crippen LogP contribution is -2.17. The Hall–Kier alpha value is -2.29. The van der Waals surface area contributed by atoms with E-state index in [2.05, 4.69) is 24.4 Å². The number of rotatable bonds is 4. The van der Waals surface area contributed by atoms with Gasteiger partial charge in [0.05, 0.1) is 11.7 Å². The Kier molecular flexibility index (Phi) is 4.86. The van der Waals surface area contributed by atoms with Crippen LogP contribution in [0.3, 0.4) is 0 Å². The van der Waals surface area contributed by atoms with Gasteiger partial charge in [-0.3, -0.25) is 4.79 Å². The molecule has 0 aromatic heterocycles. The quantitative estimate of drug-likeness (QED) is 0.892. The summed E-state index contributed by atoms with van der Waals surface area (Å²) in [6, 6.07) is 11.5. The first-order chi connectivity index (χ1) is 10.4. The van der Waals surface area contributed by atoms with Crippen LogP contribution in [0.15, 0.2) is 36.4 Å². The third-order valence-corrected chi connectivity index (χ3v) is 3.41. The molecule has 0 saturated heterocycles. The number of hydrogen-bond acceptors (Lipinski definition) is 2. The van der Waals surface area contributed by atoms with Crippen molar-refractivity contribution >= 4 is 11.6 Å². The summed E-state index contributed by atoms with van der Waals surface area (Å²) < 4.78 is 5.72. The van der Waals surface area contributed by atoms with Gasteiger partial charge in [-0.15, -0.1) is 0 Å². The molecule has 116 valence electrons. The van der Waals surface area contributed by atoms with E-state index in [0.29, 0.717) is 11.3 Å². The second-order valence-corrected chi connectivity index (χ2v) is 5.89. The summed E-state index contributed by atoms with van der Waals surface area (Å²) in [4.78, 5) is 12.6. The molecule has 0 unspecified atom stereocenters. The van der Waals surface area contributed by atoms with Gasteiger partial charge in [0, 0.05) is 5.69 Å². The highest BCUT2D eigenvalue weighted by Crippen LogP contribution is 2.25. The van der Waals surface area contributed by atoms with Crippen LogP contribution in [0.25, 0.3) is 0 Å². The monoisotopic (exact) mass is 297 g/mol. The number of carbonyl (C=O) groups excluding carboxylic acids is 1. The number of carbonyl (C=O) groups is 1. The second kappa shape index (κ2) is 6.65. The highest BCUT2D eigenvalue weighted by molar-refractivity contribution is 6.06. The zero-order valence-corrected chi connectivity index (χ0v) is 13.9. The van der Waals surface area contributed by atoms with Crippen molar-refractivity contribution in [3.05, 3.63) is 58.7 Å². The van der Waals surface area contributed by atoms with Crippen LogP contribution in [-0.2, 0) is 0 Å². The summed E-state index contributed by atoms with van der Waals surface area (Å²) in [5.41, 5.74) is 4.74. The number of ether oxygens (including phenoxy) is 1. The summed E-state index contributed by atoms with van der Waals surface area (Å²) in [5.74, 6) is 0.462. The lowest BCUT2D eigenvalue weighted by molar-refractivity contribution is 0.102. The number of aryl methyl sites for hydroxylation is 3. The lowest BCUT2D eigenvalue weighted by atomic mass is 10.0. The number of anilines is 1. The Morgan fingerprint density at radius 2 is 1.64 bits per heavy atom. The SMILES string of the molecule is Cc1cc(C)c(NC(=O)c2ccccc2OC(C)C)c(C)c1. The molecular formula is C19H23NO2. The summed E-state index contributed by atoms with van der Waals surface area (Å²) in [5, 5.41) is 3.02. The maximum absolute atomic E-state index is 12.6. The zero-order valence-electron chi connectivity index (χ0n) is 13.9. The molecule has 0 atom stereocenters. The van der Waals surface area contributed by atoms with E-state index in [4.69, 9.17) is 4.74 Å². The van der Waals surface area contributed by atoms with Gasteiger partial charge in [0.25, 0.3) is 5.91 Å². The van der Waals surface area contributed by atoms with Crippen LogP contribution < -0.4 is 10.1 Å². The fourth-order valence-electron chi connectivity index (χ4n) is 2.57. The molecule has 0 heterocycles. The van der Waals surface area contributed by atoms with Gasteiger partial charge in [-0.1, -0.05) is 29.8 Å². The molecule has 3 heteroatoms. The molecule has 0 aliphatic heterocycles. The van der Waals surface area contributed by atoms with E-state index in [1.54, 1.807) is 6.07 Å². The minimum atomic E-state index is -0.147. The molecule has 0 radical (unpaired) electrons. The second-order valence-electron chi connectivity index (χ2n) is 5.89. The predicted molar refractivity (Wildman–Crippen MR) is 90.8 cm³/mol. The van der Waals surface area contributed by atoms with Crippen molar-refractivity contribution in [2.24, 2.45) is 0 Å². The van der Waals surface area contributed by atoms with Crippen LogP contribution in [0.1, 0.15) is 40.9 Å². The van der Waals surface area contributed by atoms with Gasteiger partial charge >= 0.3 is 0 Å². The van der Waals surface area contributed by atoms with Crippen LogP contribution in [0, 0.1) is 20.8 Å². The average molecular weight is 297 g/mol. The first-order valence-electron chi connectivity index (χ1n) is 7.53. The van der Waals surface area contributed by atoms with Gasteiger partial charge in [0.15, 0.2) is 0 Å². The number of para-hydroxylation sites is 1. The molecule has 3 nitrogen and oxygen atoms in total. The van der Waals surface area contributed by atoms with Crippen LogP contribution >= 0.6 is 0 Å². The Morgan fingerprint density at radius 1 is 1.05 bits per heavy atom. The molecule has 2 aromatic carbocycles. The maximum atomic E-state index is 12.6. The lowest BCUT2D eigenvalue weighted by Gasteiger charge is -2.16. The van der Waals surface area contributed by atoms with Crippen molar-refractivity contribution in [1.29, 1.82) is 0 Å². The summed E-state index contributed by atoms with van der Waals surface area (Å²) in [6.07, 6.45) is 0.0248. The van der Waals surface area contributed by atoms with Gasteiger partial charge in [-0.25, -0.2) is 0 Å². The molecule has 2 rings (SSSR count). The number of hydrogen-bond donors (Lipinski definition) is 1. The van der Waals surface area contributed by atoms with Gasteiger partial charge < -0.3 is 10.1 Å². The molecule has 0 spiro atoms. The minimum Gasteiger partial charge on any atom is -0.490 e. The van der Waals surface area contributed by atoms with E-state index in [9.17, 15) is 4.79 Å². The molecule has 0 bridgehead atoms. The smallest absolute Gasteiger partial charge is 0.259 e. The minimum absolute atomic E-state index is 0.0248. The standard InChI is InChI=1S/C19H23NO2/c1-12(2)22-17-9-7-6-8-16(17)19(21)20-18-14(4)10-13(3)11-15(18)5/h6-12H,1-5H3,(H,20,21). The highest BCUT2D eigenvalue weighted by atomic mass is 16.5. The average Bonchev–Trinajstić information content (AvgIpc) is 2.42. The van der Waals surface area contributed by atoms with Crippen molar-refractivity contribution in [2.45, 2.75) is 40.7 Å². The fourth-order valence-corrected chi connectivity index (χ4v) is 2.57. The molecule has 0 fully saturated rings. The third kappa shape index (κ3) is 3.67. The number of amides is 1. The van der Waals surface area contributed by atoms with Crippen LogP contribution in [0.5, 0.6) is 5.75 Å². The maximum Gasteiger partial charge on any atom is 0.259 e. The molecular weight excluding hydrogens is 274 g/mol. The van der Waals surface area contributed by atoms with Crippen molar-refractivity contribution in [3.63, 3.8) is 0 Å². The zero-order chi connectivity index (χ0) is 16.3. The van der Waals surface area contributed by atoms with Gasteiger partial charge in [0.1, 0.15) is 5.75 Å². The molecule has 1 N–H and O–H groups in total. The van der Waals surface area contributed by atoms with Crippen LogP contribution in [0.2, 0.25) is 0 Å². The Morgan fingerprint density at radius 3 is 2.23 bits per heavy atom. The summed E-state index contributed by atoms with van der Waals surface area (Å²) in [7, 11) is 0. The van der Waals surface area contributed by atoms with E-state index in [1.165, 1.54) is 5.56 Å². The molecule has 1 amide bonds. The Balaban J connectivity index is 2.31. The molecule has 22 heavy (non-hydrogen) atoms. The largest absolute Gasteiger partial charge is 0.490 e. The predicted octanol–water partition coefficient (Wildman–Crippen LogP) is 4.65. The Labute approximate surface area is 132 Å². The summed E-state index contributed by atoms with van der Waals surface area (Å²) >= 11 is 0. The van der Waals surface area contributed by atoms with Crippen molar-refractivity contribution < 1.29 is 9.53 Å². The van der Waals surface area contributed by atoms with Crippen molar-refractivity contribution in [2.75, 3.05) is 5.32 Å². The number of nitrogens with one attached hydrogen (secondary N) is 1. The highest BCUT2D eigenvalue weighted by Gasteiger charge is 2.15.